The largest absolute Gasteiger partial charge is 0.369 e. The summed E-state index contributed by atoms with van der Waals surface area (Å²) in [7, 11) is 0. The minimum absolute atomic E-state index is 0.0178. The molecule has 5 nitrogen and oxygen atoms in total. The molecule has 0 aliphatic carbocycles. The van der Waals surface area contributed by atoms with Gasteiger partial charge in [-0.15, -0.1) is 0 Å². The third kappa shape index (κ3) is 4.42. The van der Waals surface area contributed by atoms with E-state index in [-0.39, 0.29) is 17.7 Å². The van der Waals surface area contributed by atoms with Crippen LogP contribution in [0.4, 0.5) is 11.4 Å². The summed E-state index contributed by atoms with van der Waals surface area (Å²) < 4.78 is 0. The first-order valence-corrected chi connectivity index (χ1v) is 9.84. The van der Waals surface area contributed by atoms with Gasteiger partial charge in [-0.2, -0.15) is 0 Å². The maximum absolute atomic E-state index is 12.6. The summed E-state index contributed by atoms with van der Waals surface area (Å²) in [5.74, 6) is 0.00345. The van der Waals surface area contributed by atoms with Gasteiger partial charge in [-0.25, -0.2) is 0 Å². The fraction of sp³-hybridized carbons (Fsp3) is 0.391. The molecule has 3 rings (SSSR count). The molecule has 0 spiro atoms. The van der Waals surface area contributed by atoms with Crippen LogP contribution in [-0.4, -0.2) is 48.8 Å². The molecule has 1 saturated heterocycles. The molecule has 1 heterocycles. The molecule has 148 valence electrons. The SMILES string of the molecule is CC(=O)c1ccc(NC(=O)C(C)N2CCN(c3cccc(C)c3C)CC2)cc1. The van der Waals surface area contributed by atoms with Gasteiger partial charge in [-0.05, 0) is 69.2 Å². The number of piperazine rings is 1. The molecule has 0 radical (unpaired) electrons. The number of rotatable bonds is 5. The van der Waals surface area contributed by atoms with Crippen LogP contribution in [0, 0.1) is 13.8 Å². The van der Waals surface area contributed by atoms with Crippen molar-refractivity contribution in [2.24, 2.45) is 0 Å². The second kappa shape index (κ2) is 8.57. The van der Waals surface area contributed by atoms with Gasteiger partial charge in [0, 0.05) is 43.1 Å². The van der Waals surface area contributed by atoms with Crippen LogP contribution in [0.25, 0.3) is 0 Å². The highest BCUT2D eigenvalue weighted by molar-refractivity contribution is 5.97. The molecule has 1 fully saturated rings. The minimum atomic E-state index is -0.201. The molecule has 1 aliphatic rings. The van der Waals surface area contributed by atoms with E-state index >= 15 is 0 Å². The Morgan fingerprint density at radius 2 is 1.61 bits per heavy atom. The Kier molecular flexibility index (Phi) is 6.15. The third-order valence-corrected chi connectivity index (χ3v) is 5.72. The van der Waals surface area contributed by atoms with Gasteiger partial charge in [0.1, 0.15) is 0 Å². The average Bonchev–Trinajstić information content (AvgIpc) is 2.70. The number of Topliss-reactive ketones (excluding diaryl/α,β-unsaturated/α-hetero) is 1. The molecule has 2 aromatic rings. The van der Waals surface area contributed by atoms with Crippen LogP contribution in [0.3, 0.4) is 0 Å². The summed E-state index contributed by atoms with van der Waals surface area (Å²) in [5.41, 5.74) is 5.30. The molecule has 1 N–H and O–H groups in total. The Morgan fingerprint density at radius 1 is 0.964 bits per heavy atom. The number of hydrogen-bond donors (Lipinski definition) is 1. The summed E-state index contributed by atoms with van der Waals surface area (Å²) in [5, 5.41) is 2.96. The monoisotopic (exact) mass is 379 g/mol. The van der Waals surface area contributed by atoms with E-state index in [0.717, 1.165) is 31.9 Å². The molecule has 28 heavy (non-hydrogen) atoms. The molecular formula is C23H29N3O2. The Labute approximate surface area is 167 Å². The van der Waals surface area contributed by atoms with E-state index in [1.54, 1.807) is 24.3 Å². The number of carbonyl (C=O) groups excluding carboxylic acids is 2. The van der Waals surface area contributed by atoms with Crippen molar-refractivity contribution in [1.82, 2.24) is 4.90 Å². The van der Waals surface area contributed by atoms with E-state index in [0.29, 0.717) is 5.56 Å². The smallest absolute Gasteiger partial charge is 0.241 e. The normalized spacial score (nSPS) is 15.9. The zero-order valence-corrected chi connectivity index (χ0v) is 17.2. The minimum Gasteiger partial charge on any atom is -0.369 e. The lowest BCUT2D eigenvalue weighted by Crippen LogP contribution is -2.53. The fourth-order valence-electron chi connectivity index (χ4n) is 3.63. The average molecular weight is 380 g/mol. The Bertz CT molecular complexity index is 853. The van der Waals surface area contributed by atoms with Gasteiger partial charge in [0.25, 0.3) is 0 Å². The van der Waals surface area contributed by atoms with E-state index in [1.165, 1.54) is 23.7 Å². The van der Waals surface area contributed by atoms with E-state index < -0.39 is 0 Å². The van der Waals surface area contributed by atoms with Gasteiger partial charge < -0.3 is 10.2 Å². The summed E-state index contributed by atoms with van der Waals surface area (Å²) >= 11 is 0. The van der Waals surface area contributed by atoms with Crippen molar-refractivity contribution in [3.05, 3.63) is 59.2 Å². The highest BCUT2D eigenvalue weighted by Gasteiger charge is 2.26. The zero-order valence-electron chi connectivity index (χ0n) is 17.2. The molecule has 5 heteroatoms. The molecule has 0 saturated carbocycles. The number of nitrogens with zero attached hydrogens (tertiary/aromatic N) is 2. The van der Waals surface area contributed by atoms with Gasteiger partial charge in [0.05, 0.1) is 6.04 Å². The van der Waals surface area contributed by atoms with Crippen molar-refractivity contribution in [2.75, 3.05) is 36.4 Å². The molecule has 0 aromatic heterocycles. The third-order valence-electron chi connectivity index (χ3n) is 5.72. The van der Waals surface area contributed by atoms with E-state index in [1.807, 2.05) is 6.92 Å². The quantitative estimate of drug-likeness (QED) is 0.806. The maximum Gasteiger partial charge on any atom is 0.241 e. The zero-order chi connectivity index (χ0) is 20.3. The molecule has 2 aromatic carbocycles. The highest BCUT2D eigenvalue weighted by atomic mass is 16.2. The lowest BCUT2D eigenvalue weighted by molar-refractivity contribution is -0.120. The molecule has 0 bridgehead atoms. The van der Waals surface area contributed by atoms with Crippen LogP contribution in [-0.2, 0) is 4.79 Å². The Hall–Kier alpha value is -2.66. The van der Waals surface area contributed by atoms with Crippen molar-refractivity contribution in [3.8, 4) is 0 Å². The highest BCUT2D eigenvalue weighted by Crippen LogP contribution is 2.24. The van der Waals surface area contributed by atoms with Crippen LogP contribution in [0.1, 0.15) is 35.3 Å². The molecular weight excluding hydrogens is 350 g/mol. The Balaban J connectivity index is 1.57. The molecule has 1 amide bonds. The number of aryl methyl sites for hydroxylation is 1. The first-order chi connectivity index (χ1) is 13.4. The Morgan fingerprint density at radius 3 is 2.21 bits per heavy atom. The van der Waals surface area contributed by atoms with Crippen LogP contribution in [0.2, 0.25) is 0 Å². The topological polar surface area (TPSA) is 52.7 Å². The number of nitrogens with one attached hydrogen (secondary N) is 1. The second-order valence-electron chi connectivity index (χ2n) is 7.54. The molecule has 1 atom stereocenters. The van der Waals surface area contributed by atoms with Gasteiger partial charge in [-0.3, -0.25) is 14.5 Å². The van der Waals surface area contributed by atoms with Gasteiger partial charge in [0.15, 0.2) is 5.78 Å². The molecule has 1 aliphatic heterocycles. The number of benzene rings is 2. The lowest BCUT2D eigenvalue weighted by atomic mass is 10.1. The van der Waals surface area contributed by atoms with E-state index in [2.05, 4.69) is 47.2 Å². The number of ketones is 1. The van der Waals surface area contributed by atoms with Crippen molar-refractivity contribution in [1.29, 1.82) is 0 Å². The van der Waals surface area contributed by atoms with Crippen LogP contribution >= 0.6 is 0 Å². The summed E-state index contributed by atoms with van der Waals surface area (Å²) in [6.07, 6.45) is 0. The number of hydrogen-bond acceptors (Lipinski definition) is 4. The van der Waals surface area contributed by atoms with Gasteiger partial charge >= 0.3 is 0 Å². The summed E-state index contributed by atoms with van der Waals surface area (Å²) in [6, 6.07) is 13.3. The predicted molar refractivity (Wildman–Crippen MR) is 114 cm³/mol. The van der Waals surface area contributed by atoms with Crippen LogP contribution in [0.5, 0.6) is 0 Å². The summed E-state index contributed by atoms with van der Waals surface area (Å²) in [4.78, 5) is 28.6. The van der Waals surface area contributed by atoms with Crippen LogP contribution in [0.15, 0.2) is 42.5 Å². The van der Waals surface area contributed by atoms with Crippen LogP contribution < -0.4 is 10.2 Å². The standard InChI is InChI=1S/C23H29N3O2/c1-16-6-5-7-22(17(16)2)26-14-12-25(13-15-26)18(3)23(28)24-21-10-8-20(9-11-21)19(4)27/h5-11,18H,12-15H2,1-4H3,(H,24,28). The van der Waals surface area contributed by atoms with Gasteiger partial charge in [-0.1, -0.05) is 12.1 Å². The van der Waals surface area contributed by atoms with Crippen molar-refractivity contribution >= 4 is 23.1 Å². The van der Waals surface area contributed by atoms with Crippen molar-refractivity contribution in [3.63, 3.8) is 0 Å². The van der Waals surface area contributed by atoms with Crippen molar-refractivity contribution in [2.45, 2.75) is 33.7 Å². The number of carbonyl (C=O) groups is 2. The second-order valence-corrected chi connectivity index (χ2v) is 7.54. The maximum atomic E-state index is 12.6. The fourth-order valence-corrected chi connectivity index (χ4v) is 3.63. The first-order valence-electron chi connectivity index (χ1n) is 9.84. The number of anilines is 2. The van der Waals surface area contributed by atoms with E-state index in [9.17, 15) is 9.59 Å². The summed E-state index contributed by atoms with van der Waals surface area (Å²) in [6.45, 7) is 11.3. The van der Waals surface area contributed by atoms with Crippen molar-refractivity contribution < 1.29 is 9.59 Å². The predicted octanol–water partition coefficient (Wildman–Crippen LogP) is 3.66. The number of amides is 1. The first kappa shape index (κ1) is 20.1. The lowest BCUT2D eigenvalue weighted by Gasteiger charge is -2.39. The molecule has 1 unspecified atom stereocenters. The van der Waals surface area contributed by atoms with E-state index in [4.69, 9.17) is 0 Å². The van der Waals surface area contributed by atoms with Gasteiger partial charge in [0.2, 0.25) is 5.91 Å².